The first-order valence-electron chi connectivity index (χ1n) is 10.6. The van der Waals surface area contributed by atoms with E-state index in [0.29, 0.717) is 17.9 Å². The van der Waals surface area contributed by atoms with Gasteiger partial charge in [-0.25, -0.2) is 0 Å². The predicted octanol–water partition coefficient (Wildman–Crippen LogP) is 7.04. The molecular formula is C25H21F8NO2. The summed E-state index contributed by atoms with van der Waals surface area (Å²) in [6, 6.07) is 14.8. The van der Waals surface area contributed by atoms with Gasteiger partial charge >= 0.3 is 18.3 Å². The Morgan fingerprint density at radius 2 is 1.36 bits per heavy atom. The highest BCUT2D eigenvalue weighted by Gasteiger charge is 2.58. The first-order valence-corrected chi connectivity index (χ1v) is 10.6. The van der Waals surface area contributed by atoms with Gasteiger partial charge < -0.3 is 15.2 Å². The minimum atomic E-state index is -5.87. The predicted molar refractivity (Wildman–Crippen MR) is 116 cm³/mol. The van der Waals surface area contributed by atoms with Crippen LogP contribution in [0.3, 0.4) is 0 Å². The molecule has 0 heterocycles. The molecule has 36 heavy (non-hydrogen) atoms. The first kappa shape index (κ1) is 27.4. The van der Waals surface area contributed by atoms with E-state index in [1.54, 1.807) is 30.3 Å². The van der Waals surface area contributed by atoms with Crippen molar-refractivity contribution in [2.24, 2.45) is 0 Å². The van der Waals surface area contributed by atoms with E-state index in [9.17, 15) is 40.2 Å². The van der Waals surface area contributed by atoms with Crippen molar-refractivity contribution in [2.45, 2.75) is 37.3 Å². The third-order valence-corrected chi connectivity index (χ3v) is 5.28. The highest BCUT2D eigenvalue weighted by molar-refractivity contribution is 5.41. The van der Waals surface area contributed by atoms with Crippen molar-refractivity contribution in [3.8, 4) is 11.5 Å². The van der Waals surface area contributed by atoms with Crippen LogP contribution < -0.4 is 10.1 Å². The van der Waals surface area contributed by atoms with Gasteiger partial charge in [-0.15, -0.1) is 0 Å². The Bertz CT molecular complexity index is 1160. The largest absolute Gasteiger partial charge is 0.458 e. The molecule has 0 fully saturated rings. The highest BCUT2D eigenvalue weighted by Crippen LogP contribution is 2.44. The van der Waals surface area contributed by atoms with Gasteiger partial charge in [-0.2, -0.15) is 35.1 Å². The maximum absolute atomic E-state index is 14.0. The summed E-state index contributed by atoms with van der Waals surface area (Å²) in [6.07, 6.45) is -13.6. The number of halogens is 8. The average Bonchev–Trinajstić information content (AvgIpc) is 2.80. The maximum Gasteiger partial charge on any atom is 0.458 e. The fraction of sp³-hybridized carbons (Fsp3) is 0.280. The molecule has 3 rings (SSSR count). The number of hydrogen-bond donors (Lipinski definition) is 2. The Morgan fingerprint density at radius 3 is 1.94 bits per heavy atom. The number of aliphatic hydroxyl groups is 1. The second-order valence-corrected chi connectivity index (χ2v) is 8.08. The number of nitrogens with one attached hydrogen (secondary N) is 1. The van der Waals surface area contributed by atoms with E-state index >= 15 is 0 Å². The van der Waals surface area contributed by atoms with Gasteiger partial charge in [0.2, 0.25) is 0 Å². The molecule has 0 aromatic heterocycles. The van der Waals surface area contributed by atoms with E-state index in [-0.39, 0.29) is 16.9 Å². The van der Waals surface area contributed by atoms with Crippen LogP contribution in [0.2, 0.25) is 0 Å². The van der Waals surface area contributed by atoms with Crippen LogP contribution in [0.4, 0.5) is 35.1 Å². The summed E-state index contributed by atoms with van der Waals surface area (Å²) >= 11 is 0. The lowest BCUT2D eigenvalue weighted by molar-refractivity contribution is -0.289. The third-order valence-electron chi connectivity index (χ3n) is 5.28. The van der Waals surface area contributed by atoms with Crippen LogP contribution in [0.1, 0.15) is 28.3 Å². The van der Waals surface area contributed by atoms with E-state index in [0.717, 1.165) is 11.6 Å². The van der Waals surface area contributed by atoms with Gasteiger partial charge in [-0.05, 0) is 48.4 Å². The number of hydrogen-bond acceptors (Lipinski definition) is 3. The fourth-order valence-corrected chi connectivity index (χ4v) is 3.35. The van der Waals surface area contributed by atoms with Crippen molar-refractivity contribution in [1.82, 2.24) is 5.32 Å². The fourth-order valence-electron chi connectivity index (χ4n) is 3.35. The lowest BCUT2D eigenvalue weighted by atomic mass is 9.95. The molecule has 0 amide bonds. The van der Waals surface area contributed by atoms with Gasteiger partial charge in [0.05, 0.1) is 6.04 Å². The van der Waals surface area contributed by atoms with Crippen molar-refractivity contribution in [3.63, 3.8) is 0 Å². The van der Waals surface area contributed by atoms with E-state index in [4.69, 9.17) is 4.74 Å². The molecule has 194 valence electrons. The van der Waals surface area contributed by atoms with Crippen molar-refractivity contribution in [2.75, 3.05) is 6.54 Å². The molecule has 3 aromatic rings. The molecule has 0 aliphatic heterocycles. The van der Waals surface area contributed by atoms with Crippen LogP contribution in [0, 0.1) is 6.92 Å². The molecule has 1 unspecified atom stereocenters. The standard InChI is InChI=1S/C25H21F8NO2/c1-15-8-10-19(11-9-15)36-20-7-3-5-17(13-20)22(34-14-21(35)24(28,29)30)16-4-2-6-18(12-16)23(26,27)25(31,32)33/h2-13,21-22,34-35H,14H2,1H3/t21-,22?/m1/s1. The highest BCUT2D eigenvalue weighted by atomic mass is 19.4. The van der Waals surface area contributed by atoms with Gasteiger partial charge in [-0.3, -0.25) is 0 Å². The van der Waals surface area contributed by atoms with Crippen molar-refractivity contribution in [3.05, 3.63) is 95.1 Å². The second kappa shape index (κ2) is 10.4. The molecule has 2 atom stereocenters. The Labute approximate surface area is 201 Å². The van der Waals surface area contributed by atoms with Gasteiger partial charge in [0.15, 0.2) is 6.10 Å². The number of benzene rings is 3. The zero-order valence-electron chi connectivity index (χ0n) is 18.7. The number of ether oxygens (including phenoxy) is 1. The molecule has 3 aromatic carbocycles. The molecule has 0 bridgehead atoms. The molecule has 0 spiro atoms. The third kappa shape index (κ3) is 6.52. The summed E-state index contributed by atoms with van der Waals surface area (Å²) in [5, 5.41) is 11.8. The van der Waals surface area contributed by atoms with Gasteiger partial charge in [-0.1, -0.05) is 48.0 Å². The van der Waals surface area contributed by atoms with E-state index < -0.39 is 42.5 Å². The Hall–Kier alpha value is -3.18. The molecular weight excluding hydrogens is 498 g/mol. The number of aliphatic hydroxyl groups excluding tert-OH is 1. The average molecular weight is 519 g/mol. The summed E-state index contributed by atoms with van der Waals surface area (Å²) in [7, 11) is 0. The van der Waals surface area contributed by atoms with Crippen LogP contribution in [0.15, 0.2) is 72.8 Å². The molecule has 0 radical (unpaired) electrons. The molecule has 0 saturated carbocycles. The minimum absolute atomic E-state index is 0.168. The number of rotatable bonds is 8. The van der Waals surface area contributed by atoms with Gasteiger partial charge in [0.25, 0.3) is 0 Å². The zero-order valence-corrected chi connectivity index (χ0v) is 18.7. The van der Waals surface area contributed by atoms with E-state index in [2.05, 4.69) is 5.32 Å². The molecule has 11 heteroatoms. The first-order chi connectivity index (χ1) is 16.7. The lowest BCUT2D eigenvalue weighted by Crippen LogP contribution is -2.40. The Balaban J connectivity index is 1.99. The van der Waals surface area contributed by atoms with E-state index in [1.165, 1.54) is 24.3 Å². The van der Waals surface area contributed by atoms with Crippen LogP contribution >= 0.6 is 0 Å². The van der Waals surface area contributed by atoms with Crippen LogP contribution in [-0.4, -0.2) is 30.1 Å². The monoisotopic (exact) mass is 519 g/mol. The van der Waals surface area contributed by atoms with Gasteiger partial charge in [0, 0.05) is 12.1 Å². The summed E-state index contributed by atoms with van der Waals surface area (Å²) in [5.74, 6) is -4.49. The smallest absolute Gasteiger partial charge is 0.457 e. The van der Waals surface area contributed by atoms with Crippen LogP contribution in [-0.2, 0) is 5.92 Å². The normalized spacial score (nSPS) is 14.4. The van der Waals surface area contributed by atoms with Crippen molar-refractivity contribution >= 4 is 0 Å². The summed E-state index contributed by atoms with van der Waals surface area (Å²) in [4.78, 5) is 0. The SMILES string of the molecule is Cc1ccc(Oc2cccc(C(NC[C@@H](O)C(F)(F)F)c3cccc(C(F)(F)C(F)(F)F)c3)c2)cc1. The maximum atomic E-state index is 14.0. The summed E-state index contributed by atoms with van der Waals surface area (Å²) < 4.78 is 111. The van der Waals surface area contributed by atoms with E-state index in [1.807, 2.05) is 6.92 Å². The molecule has 3 nitrogen and oxygen atoms in total. The number of alkyl halides is 8. The van der Waals surface area contributed by atoms with Crippen LogP contribution in [0.25, 0.3) is 0 Å². The van der Waals surface area contributed by atoms with Crippen molar-refractivity contribution in [1.29, 1.82) is 0 Å². The Morgan fingerprint density at radius 1 is 0.778 bits per heavy atom. The quantitative estimate of drug-likeness (QED) is 0.314. The van der Waals surface area contributed by atoms with Gasteiger partial charge in [0.1, 0.15) is 11.5 Å². The minimum Gasteiger partial charge on any atom is -0.457 e. The summed E-state index contributed by atoms with van der Waals surface area (Å²) in [5.41, 5.74) is -0.360. The summed E-state index contributed by atoms with van der Waals surface area (Å²) in [6.45, 7) is 0.823. The lowest BCUT2D eigenvalue weighted by Gasteiger charge is -2.25. The zero-order chi connectivity index (χ0) is 26.7. The second-order valence-electron chi connectivity index (χ2n) is 8.08. The molecule has 0 saturated heterocycles. The topological polar surface area (TPSA) is 41.5 Å². The Kier molecular flexibility index (Phi) is 7.94. The number of aryl methyl sites for hydroxylation is 1. The molecule has 2 N–H and O–H groups in total. The molecule has 0 aliphatic carbocycles. The molecule has 0 aliphatic rings. The van der Waals surface area contributed by atoms with Crippen LogP contribution in [0.5, 0.6) is 11.5 Å². The van der Waals surface area contributed by atoms with Crippen molar-refractivity contribution < 1.29 is 45.0 Å².